The number of carbonyl (C=O) groups is 1. The quantitative estimate of drug-likeness (QED) is 0.794. The number of nitrogens with one attached hydrogen (secondary N) is 1. The molecule has 1 N–H and O–H groups in total. The lowest BCUT2D eigenvalue weighted by atomic mass is 10.1. The van der Waals surface area contributed by atoms with Gasteiger partial charge in [0.15, 0.2) is 11.5 Å². The maximum atomic E-state index is 12.4. The lowest BCUT2D eigenvalue weighted by Gasteiger charge is -2.13. The second-order valence-electron chi connectivity index (χ2n) is 5.80. The first kappa shape index (κ1) is 18.4. The molecule has 0 atom stereocenters. The van der Waals surface area contributed by atoms with E-state index in [-0.39, 0.29) is 5.91 Å². The average molecular weight is 367 g/mol. The SMILES string of the molecule is COc1ccc(C2=C/C(=C\c3cc(OC)c(OC)c(OC)c3)C(=O)N2)cc1. The minimum atomic E-state index is -0.172. The number of ether oxygens (including phenoxy) is 4. The molecule has 2 aromatic carbocycles. The first-order chi connectivity index (χ1) is 13.1. The number of amides is 1. The Labute approximate surface area is 158 Å². The van der Waals surface area contributed by atoms with Gasteiger partial charge in [0.1, 0.15) is 5.75 Å². The van der Waals surface area contributed by atoms with Gasteiger partial charge in [-0.2, -0.15) is 0 Å². The van der Waals surface area contributed by atoms with Gasteiger partial charge in [-0.05, 0) is 59.7 Å². The Bertz CT molecular complexity index is 888. The van der Waals surface area contributed by atoms with Gasteiger partial charge in [-0.25, -0.2) is 0 Å². The van der Waals surface area contributed by atoms with Gasteiger partial charge in [-0.1, -0.05) is 0 Å². The standard InChI is InChI=1S/C21H21NO5/c1-24-16-7-5-14(6-8-16)17-12-15(21(23)22-17)9-13-10-18(25-2)20(27-4)19(11-13)26-3/h5-12H,1-4H3,(H,22,23)/b15-9+. The number of hydrogen-bond acceptors (Lipinski definition) is 5. The van der Waals surface area contributed by atoms with Gasteiger partial charge in [0.2, 0.25) is 5.75 Å². The summed E-state index contributed by atoms with van der Waals surface area (Å²) in [7, 11) is 6.27. The van der Waals surface area contributed by atoms with Crippen LogP contribution in [-0.4, -0.2) is 34.3 Å². The highest BCUT2D eigenvalue weighted by atomic mass is 16.5. The summed E-state index contributed by atoms with van der Waals surface area (Å²) >= 11 is 0. The van der Waals surface area contributed by atoms with Crippen LogP contribution in [0.2, 0.25) is 0 Å². The third-order valence-electron chi connectivity index (χ3n) is 4.22. The summed E-state index contributed by atoms with van der Waals surface area (Å²) in [5.41, 5.74) is 2.94. The Hall–Kier alpha value is -3.41. The third-order valence-corrected chi connectivity index (χ3v) is 4.22. The molecule has 0 spiro atoms. The van der Waals surface area contributed by atoms with Crippen LogP contribution in [0.5, 0.6) is 23.0 Å². The minimum absolute atomic E-state index is 0.172. The third kappa shape index (κ3) is 3.74. The number of methoxy groups -OCH3 is 4. The van der Waals surface area contributed by atoms with Gasteiger partial charge in [0.25, 0.3) is 5.91 Å². The van der Waals surface area contributed by atoms with E-state index < -0.39 is 0 Å². The van der Waals surface area contributed by atoms with Crippen LogP contribution in [0.1, 0.15) is 11.1 Å². The molecular weight excluding hydrogens is 346 g/mol. The van der Waals surface area contributed by atoms with E-state index >= 15 is 0 Å². The molecule has 1 heterocycles. The van der Waals surface area contributed by atoms with E-state index in [9.17, 15) is 4.79 Å². The Morgan fingerprint density at radius 3 is 2.00 bits per heavy atom. The van der Waals surface area contributed by atoms with Gasteiger partial charge in [-0.15, -0.1) is 0 Å². The molecule has 1 aliphatic rings. The van der Waals surface area contributed by atoms with Crippen LogP contribution >= 0.6 is 0 Å². The fraction of sp³-hybridized carbons (Fsp3) is 0.190. The van der Waals surface area contributed by atoms with Crippen molar-refractivity contribution in [1.82, 2.24) is 5.32 Å². The topological polar surface area (TPSA) is 66.0 Å². The Morgan fingerprint density at radius 1 is 0.852 bits per heavy atom. The zero-order valence-corrected chi connectivity index (χ0v) is 15.7. The maximum absolute atomic E-state index is 12.4. The second kappa shape index (κ2) is 7.86. The summed E-state index contributed by atoms with van der Waals surface area (Å²) in [6, 6.07) is 11.1. The highest BCUT2D eigenvalue weighted by molar-refractivity contribution is 6.10. The Kier molecular flexibility index (Phi) is 5.35. The van der Waals surface area contributed by atoms with Crippen molar-refractivity contribution in [3.8, 4) is 23.0 Å². The molecule has 6 heteroatoms. The van der Waals surface area contributed by atoms with Crippen LogP contribution in [0, 0.1) is 0 Å². The van der Waals surface area contributed by atoms with Gasteiger partial charge in [0, 0.05) is 11.3 Å². The van der Waals surface area contributed by atoms with E-state index in [0.29, 0.717) is 22.8 Å². The normalized spacial score (nSPS) is 14.6. The number of carbonyl (C=O) groups excluding carboxylic acids is 1. The molecule has 3 rings (SSSR count). The summed E-state index contributed by atoms with van der Waals surface area (Å²) in [5, 5.41) is 2.88. The van der Waals surface area contributed by atoms with E-state index in [1.165, 1.54) is 0 Å². The van der Waals surface area contributed by atoms with Crippen molar-refractivity contribution in [1.29, 1.82) is 0 Å². The average Bonchev–Trinajstić information content (AvgIpc) is 3.07. The Morgan fingerprint density at radius 2 is 1.48 bits per heavy atom. The molecule has 6 nitrogen and oxygen atoms in total. The molecule has 1 amide bonds. The van der Waals surface area contributed by atoms with E-state index in [0.717, 1.165) is 22.6 Å². The zero-order chi connectivity index (χ0) is 19.4. The molecule has 140 valence electrons. The number of rotatable bonds is 6. The molecule has 0 unspecified atom stereocenters. The predicted molar refractivity (Wildman–Crippen MR) is 103 cm³/mol. The van der Waals surface area contributed by atoms with Crippen molar-refractivity contribution >= 4 is 17.7 Å². The van der Waals surface area contributed by atoms with E-state index in [2.05, 4.69) is 5.32 Å². The summed E-state index contributed by atoms with van der Waals surface area (Å²) < 4.78 is 21.2. The molecule has 0 fully saturated rings. The van der Waals surface area contributed by atoms with Crippen LogP contribution in [0.25, 0.3) is 11.8 Å². The molecule has 0 aromatic heterocycles. The van der Waals surface area contributed by atoms with Crippen molar-refractivity contribution in [3.05, 3.63) is 59.2 Å². The van der Waals surface area contributed by atoms with Crippen molar-refractivity contribution in [2.24, 2.45) is 0 Å². The molecule has 0 saturated carbocycles. The molecule has 27 heavy (non-hydrogen) atoms. The maximum Gasteiger partial charge on any atom is 0.255 e. The molecule has 0 radical (unpaired) electrons. The van der Waals surface area contributed by atoms with Crippen molar-refractivity contribution in [2.45, 2.75) is 0 Å². The monoisotopic (exact) mass is 367 g/mol. The second-order valence-corrected chi connectivity index (χ2v) is 5.80. The van der Waals surface area contributed by atoms with Crippen molar-refractivity contribution in [2.75, 3.05) is 28.4 Å². The first-order valence-corrected chi connectivity index (χ1v) is 8.28. The van der Waals surface area contributed by atoms with Gasteiger partial charge in [0.05, 0.1) is 28.4 Å². The van der Waals surface area contributed by atoms with Crippen LogP contribution in [-0.2, 0) is 4.79 Å². The molecule has 1 aliphatic heterocycles. The zero-order valence-electron chi connectivity index (χ0n) is 15.7. The fourth-order valence-corrected chi connectivity index (χ4v) is 2.85. The number of hydrogen-bond donors (Lipinski definition) is 1. The van der Waals surface area contributed by atoms with E-state index in [4.69, 9.17) is 18.9 Å². The summed E-state index contributed by atoms with van der Waals surface area (Å²) in [6.07, 6.45) is 3.59. The summed E-state index contributed by atoms with van der Waals surface area (Å²) in [4.78, 5) is 12.4. The van der Waals surface area contributed by atoms with Gasteiger partial charge in [-0.3, -0.25) is 4.79 Å². The Balaban J connectivity index is 1.96. The van der Waals surface area contributed by atoms with E-state index in [1.54, 1.807) is 46.6 Å². The lowest BCUT2D eigenvalue weighted by molar-refractivity contribution is -0.115. The number of benzene rings is 2. The molecule has 0 saturated heterocycles. The molecular formula is C21H21NO5. The van der Waals surface area contributed by atoms with Gasteiger partial charge >= 0.3 is 0 Å². The van der Waals surface area contributed by atoms with Crippen LogP contribution in [0.4, 0.5) is 0 Å². The summed E-state index contributed by atoms with van der Waals surface area (Å²) in [5.74, 6) is 2.15. The molecule has 0 aliphatic carbocycles. The van der Waals surface area contributed by atoms with Crippen molar-refractivity contribution < 1.29 is 23.7 Å². The van der Waals surface area contributed by atoms with Crippen molar-refractivity contribution in [3.63, 3.8) is 0 Å². The van der Waals surface area contributed by atoms with Crippen LogP contribution in [0.15, 0.2) is 48.0 Å². The first-order valence-electron chi connectivity index (χ1n) is 8.28. The van der Waals surface area contributed by atoms with Crippen LogP contribution in [0.3, 0.4) is 0 Å². The van der Waals surface area contributed by atoms with Gasteiger partial charge < -0.3 is 24.3 Å². The largest absolute Gasteiger partial charge is 0.497 e. The predicted octanol–water partition coefficient (Wildman–Crippen LogP) is 3.28. The van der Waals surface area contributed by atoms with Crippen LogP contribution < -0.4 is 24.3 Å². The molecule has 0 bridgehead atoms. The minimum Gasteiger partial charge on any atom is -0.497 e. The molecule has 2 aromatic rings. The summed E-state index contributed by atoms with van der Waals surface area (Å²) in [6.45, 7) is 0. The smallest absolute Gasteiger partial charge is 0.255 e. The lowest BCUT2D eigenvalue weighted by Crippen LogP contribution is -2.15. The van der Waals surface area contributed by atoms with E-state index in [1.807, 2.05) is 30.3 Å². The highest BCUT2D eigenvalue weighted by Gasteiger charge is 2.20. The fourth-order valence-electron chi connectivity index (χ4n) is 2.85. The highest BCUT2D eigenvalue weighted by Crippen LogP contribution is 2.39.